The van der Waals surface area contributed by atoms with Gasteiger partial charge in [0.15, 0.2) is 0 Å². The summed E-state index contributed by atoms with van der Waals surface area (Å²) < 4.78 is 27.0. The van der Waals surface area contributed by atoms with E-state index in [1.807, 2.05) is 0 Å². The number of nitrogens with zero attached hydrogens (tertiary/aromatic N) is 2. The lowest BCUT2D eigenvalue weighted by Gasteiger charge is -2.19. The highest BCUT2D eigenvalue weighted by Gasteiger charge is 2.24. The molecule has 0 unspecified atom stereocenters. The zero-order valence-corrected chi connectivity index (χ0v) is 16.7. The Morgan fingerprint density at radius 3 is 2.22 bits per heavy atom. The summed E-state index contributed by atoms with van der Waals surface area (Å²) in [6.45, 7) is 1.06. The van der Waals surface area contributed by atoms with Gasteiger partial charge in [-0.05, 0) is 36.6 Å². The molecule has 0 spiro atoms. The second kappa shape index (κ2) is 9.66. The van der Waals surface area contributed by atoms with Crippen LogP contribution < -0.4 is 5.32 Å². The molecule has 8 heteroatoms. The lowest BCUT2D eigenvalue weighted by atomic mass is 10.2. The zero-order valence-electron chi connectivity index (χ0n) is 15.8. The molecular formula is C19H27N3O4S. The summed E-state index contributed by atoms with van der Waals surface area (Å²) in [7, 11) is -0.239. The van der Waals surface area contributed by atoms with Crippen molar-refractivity contribution in [1.29, 1.82) is 0 Å². The van der Waals surface area contributed by atoms with Crippen molar-refractivity contribution >= 4 is 27.9 Å². The SMILES string of the molecule is CN(C)C(=O)CNC(=O)/C=C/c1ccc(S(=O)(=O)N2CCCCCC2)cc1. The molecule has 2 amide bonds. The standard InChI is InChI=1S/C19H27N3O4S/c1-21(2)19(24)15-20-18(23)12-9-16-7-10-17(11-8-16)27(25,26)22-13-5-3-4-6-14-22/h7-12H,3-6,13-15H2,1-2H3,(H,20,23)/b12-9+. The van der Waals surface area contributed by atoms with E-state index in [1.54, 1.807) is 48.7 Å². The van der Waals surface area contributed by atoms with Crippen LogP contribution in [-0.2, 0) is 19.6 Å². The third-order valence-electron chi connectivity index (χ3n) is 4.42. The molecule has 0 radical (unpaired) electrons. The largest absolute Gasteiger partial charge is 0.347 e. The summed E-state index contributed by atoms with van der Waals surface area (Å²) in [5.41, 5.74) is 0.707. The first-order valence-electron chi connectivity index (χ1n) is 9.07. The molecule has 1 saturated heterocycles. The van der Waals surface area contributed by atoms with Crippen LogP contribution in [0.4, 0.5) is 0 Å². The highest BCUT2D eigenvalue weighted by atomic mass is 32.2. The van der Waals surface area contributed by atoms with Crippen molar-refractivity contribution in [1.82, 2.24) is 14.5 Å². The first-order valence-corrected chi connectivity index (χ1v) is 10.5. The van der Waals surface area contributed by atoms with Gasteiger partial charge in [0.2, 0.25) is 21.8 Å². The van der Waals surface area contributed by atoms with E-state index in [0.717, 1.165) is 25.7 Å². The average Bonchev–Trinajstić information content (AvgIpc) is 2.94. The van der Waals surface area contributed by atoms with Crippen molar-refractivity contribution in [2.24, 2.45) is 0 Å². The predicted octanol–water partition coefficient (Wildman–Crippen LogP) is 1.47. The van der Waals surface area contributed by atoms with Gasteiger partial charge in [0.25, 0.3) is 0 Å². The first-order chi connectivity index (χ1) is 12.8. The smallest absolute Gasteiger partial charge is 0.244 e. The van der Waals surface area contributed by atoms with Crippen LogP contribution in [0.5, 0.6) is 0 Å². The van der Waals surface area contributed by atoms with Crippen LogP contribution in [0.1, 0.15) is 31.2 Å². The van der Waals surface area contributed by atoms with Crippen molar-refractivity contribution in [2.75, 3.05) is 33.7 Å². The number of amides is 2. The van der Waals surface area contributed by atoms with E-state index in [-0.39, 0.29) is 23.3 Å². The average molecular weight is 394 g/mol. The Morgan fingerprint density at radius 1 is 1.07 bits per heavy atom. The quantitative estimate of drug-likeness (QED) is 0.742. The summed E-state index contributed by atoms with van der Waals surface area (Å²) >= 11 is 0. The summed E-state index contributed by atoms with van der Waals surface area (Å²) in [6.07, 6.45) is 6.83. The molecular weight excluding hydrogens is 366 g/mol. The summed E-state index contributed by atoms with van der Waals surface area (Å²) in [5, 5.41) is 2.50. The van der Waals surface area contributed by atoms with E-state index in [2.05, 4.69) is 5.32 Å². The number of nitrogens with one attached hydrogen (secondary N) is 1. The topological polar surface area (TPSA) is 86.8 Å². The number of likely N-dealkylation sites (N-methyl/N-ethyl adjacent to an activating group) is 1. The molecule has 0 bridgehead atoms. The van der Waals surface area contributed by atoms with Crippen molar-refractivity contribution in [3.8, 4) is 0 Å². The monoisotopic (exact) mass is 393 g/mol. The molecule has 148 valence electrons. The van der Waals surface area contributed by atoms with E-state index in [9.17, 15) is 18.0 Å². The molecule has 0 aliphatic carbocycles. The number of hydrogen-bond acceptors (Lipinski definition) is 4. The molecule has 1 aromatic rings. The van der Waals surface area contributed by atoms with E-state index in [1.165, 1.54) is 11.0 Å². The van der Waals surface area contributed by atoms with Crippen molar-refractivity contribution in [3.05, 3.63) is 35.9 Å². The fraction of sp³-hybridized carbons (Fsp3) is 0.474. The van der Waals surface area contributed by atoms with Gasteiger partial charge < -0.3 is 10.2 Å². The zero-order chi connectivity index (χ0) is 19.9. The molecule has 1 fully saturated rings. The van der Waals surface area contributed by atoms with Gasteiger partial charge in [-0.2, -0.15) is 4.31 Å². The maximum absolute atomic E-state index is 12.7. The van der Waals surface area contributed by atoms with Crippen LogP contribution in [0, 0.1) is 0 Å². The molecule has 0 aromatic heterocycles. The van der Waals surface area contributed by atoms with E-state index in [4.69, 9.17) is 0 Å². The van der Waals surface area contributed by atoms with E-state index >= 15 is 0 Å². The minimum absolute atomic E-state index is 0.0663. The third kappa shape index (κ3) is 6.18. The lowest BCUT2D eigenvalue weighted by Crippen LogP contribution is -2.35. The Kier molecular flexibility index (Phi) is 7.55. The number of carbonyl (C=O) groups is 2. The number of carbonyl (C=O) groups excluding carboxylic acids is 2. The summed E-state index contributed by atoms with van der Waals surface area (Å²) in [6, 6.07) is 6.46. The number of hydrogen-bond donors (Lipinski definition) is 1. The second-order valence-corrected chi connectivity index (χ2v) is 8.66. The van der Waals surface area contributed by atoms with Crippen molar-refractivity contribution < 1.29 is 18.0 Å². The number of benzene rings is 1. The van der Waals surface area contributed by atoms with Crippen molar-refractivity contribution in [3.63, 3.8) is 0 Å². The normalized spacial score (nSPS) is 16.1. The Labute approximate surface area is 161 Å². The molecule has 2 rings (SSSR count). The summed E-state index contributed by atoms with van der Waals surface area (Å²) in [5.74, 6) is -0.578. The Morgan fingerprint density at radius 2 is 1.67 bits per heavy atom. The van der Waals surface area contributed by atoms with Crippen LogP contribution in [0.25, 0.3) is 6.08 Å². The van der Waals surface area contributed by atoms with Gasteiger partial charge in [-0.3, -0.25) is 9.59 Å². The maximum atomic E-state index is 12.7. The molecule has 1 aliphatic rings. The molecule has 1 aliphatic heterocycles. The molecule has 1 aromatic carbocycles. The van der Waals surface area contributed by atoms with Crippen LogP contribution in [0.15, 0.2) is 35.2 Å². The van der Waals surface area contributed by atoms with Gasteiger partial charge in [-0.25, -0.2) is 8.42 Å². The second-order valence-electron chi connectivity index (χ2n) is 6.73. The highest BCUT2D eigenvalue weighted by molar-refractivity contribution is 7.89. The first kappa shape index (κ1) is 21.1. The van der Waals surface area contributed by atoms with E-state index < -0.39 is 10.0 Å². The van der Waals surface area contributed by atoms with Gasteiger partial charge in [0.05, 0.1) is 11.4 Å². The van der Waals surface area contributed by atoms with Crippen LogP contribution in [0.3, 0.4) is 0 Å². The van der Waals surface area contributed by atoms with Gasteiger partial charge in [0, 0.05) is 33.3 Å². The molecule has 7 nitrogen and oxygen atoms in total. The molecule has 0 atom stereocenters. The molecule has 27 heavy (non-hydrogen) atoms. The fourth-order valence-corrected chi connectivity index (χ4v) is 4.25. The predicted molar refractivity (Wildman–Crippen MR) is 104 cm³/mol. The van der Waals surface area contributed by atoms with Crippen LogP contribution in [-0.4, -0.2) is 63.2 Å². The molecule has 1 N–H and O–H groups in total. The van der Waals surface area contributed by atoms with E-state index in [0.29, 0.717) is 18.7 Å². The van der Waals surface area contributed by atoms with Gasteiger partial charge in [-0.15, -0.1) is 0 Å². The van der Waals surface area contributed by atoms with Crippen molar-refractivity contribution in [2.45, 2.75) is 30.6 Å². The van der Waals surface area contributed by atoms with Gasteiger partial charge in [0.1, 0.15) is 0 Å². The Balaban J connectivity index is 1.98. The van der Waals surface area contributed by atoms with Crippen LogP contribution in [0.2, 0.25) is 0 Å². The minimum atomic E-state index is -3.47. The number of rotatable bonds is 6. The Bertz CT molecular complexity index is 778. The fourth-order valence-electron chi connectivity index (χ4n) is 2.73. The number of sulfonamides is 1. The molecule has 0 saturated carbocycles. The minimum Gasteiger partial charge on any atom is -0.347 e. The van der Waals surface area contributed by atoms with Crippen LogP contribution >= 0.6 is 0 Å². The highest BCUT2D eigenvalue weighted by Crippen LogP contribution is 2.20. The van der Waals surface area contributed by atoms with Gasteiger partial charge >= 0.3 is 0 Å². The van der Waals surface area contributed by atoms with Gasteiger partial charge in [-0.1, -0.05) is 25.0 Å². The Hall–Kier alpha value is -2.19. The maximum Gasteiger partial charge on any atom is 0.244 e. The third-order valence-corrected chi connectivity index (χ3v) is 6.34. The lowest BCUT2D eigenvalue weighted by molar-refractivity contribution is -0.129. The summed E-state index contributed by atoms with van der Waals surface area (Å²) in [4.78, 5) is 24.8. The molecule has 1 heterocycles.